The third-order valence-corrected chi connectivity index (χ3v) is 6.67. The van der Waals surface area contributed by atoms with E-state index in [2.05, 4.69) is 12.2 Å². The molecule has 5 rings (SSSR count). The van der Waals surface area contributed by atoms with Crippen molar-refractivity contribution >= 4 is 23.4 Å². The Bertz CT molecular complexity index is 1270. The van der Waals surface area contributed by atoms with Crippen LogP contribution in [-0.4, -0.2) is 23.5 Å². The van der Waals surface area contributed by atoms with Gasteiger partial charge >= 0.3 is 6.03 Å². The molecule has 0 saturated heterocycles. The van der Waals surface area contributed by atoms with Gasteiger partial charge in [-0.1, -0.05) is 25.1 Å². The molecule has 0 radical (unpaired) electrons. The largest absolute Gasteiger partial charge is 0.488 e. The Morgan fingerprint density at radius 1 is 1.06 bits per heavy atom. The average Bonchev–Trinajstić information content (AvgIpc) is 2.98. The number of ether oxygens (including phenoxy) is 1. The van der Waals surface area contributed by atoms with Gasteiger partial charge < -0.3 is 20.7 Å². The summed E-state index contributed by atoms with van der Waals surface area (Å²) in [5.74, 6) is -0.355. The zero-order chi connectivity index (χ0) is 24.5. The second-order valence-electron chi connectivity index (χ2n) is 8.90. The topological polar surface area (TPSA) is 67.6 Å². The number of hydrogen-bond donors (Lipinski definition) is 2. The Labute approximate surface area is 203 Å². The zero-order valence-corrected chi connectivity index (χ0v) is 19.5. The summed E-state index contributed by atoms with van der Waals surface area (Å²) in [5.41, 5.74) is 11.4. The van der Waals surface area contributed by atoms with Crippen LogP contribution in [0.2, 0.25) is 0 Å². The summed E-state index contributed by atoms with van der Waals surface area (Å²) in [7, 11) is 0. The summed E-state index contributed by atoms with van der Waals surface area (Å²) in [4.78, 5) is 14.7. The molecule has 2 amide bonds. The van der Waals surface area contributed by atoms with Gasteiger partial charge in [-0.2, -0.15) is 0 Å². The number of nitrogens with one attached hydrogen (secondary N) is 1. The molecule has 0 aliphatic carbocycles. The van der Waals surface area contributed by atoms with Crippen LogP contribution in [0, 0.1) is 11.6 Å². The summed E-state index contributed by atoms with van der Waals surface area (Å²) < 4.78 is 33.8. The van der Waals surface area contributed by atoms with Crippen molar-refractivity contribution in [3.63, 3.8) is 0 Å². The smallest absolute Gasteiger partial charge is 0.322 e. The molecule has 5 nitrogen and oxygen atoms in total. The summed E-state index contributed by atoms with van der Waals surface area (Å²) in [6, 6.07) is 14.9. The first-order valence-electron chi connectivity index (χ1n) is 11.8. The van der Waals surface area contributed by atoms with Gasteiger partial charge in [-0.15, -0.1) is 0 Å². The summed E-state index contributed by atoms with van der Waals surface area (Å²) in [6.45, 7) is 3.25. The molecule has 1 atom stereocenters. The number of nitrogens with zero attached hydrogens (tertiary/aromatic N) is 1. The van der Waals surface area contributed by atoms with Gasteiger partial charge in [0.25, 0.3) is 0 Å². The lowest BCUT2D eigenvalue weighted by Gasteiger charge is -2.35. The predicted molar refractivity (Wildman–Crippen MR) is 133 cm³/mol. The van der Waals surface area contributed by atoms with Gasteiger partial charge in [-0.05, 0) is 78.1 Å². The van der Waals surface area contributed by atoms with Crippen LogP contribution in [0.1, 0.15) is 47.6 Å². The standard InChI is InChI=1S/C28H27F2N3O2/c1-2-22(9-10-31)33-15-18-4-3-17(12-26(18)32-28(33)34)11-25-23-7-5-20(29)13-19(23)16-35-27-14-21(30)6-8-24(25)27/h3-8,11-14,22H,2,9-10,15-16,31H2,1H3,(H,32,34)/b25-11+. The maximum atomic E-state index is 14.0. The summed E-state index contributed by atoms with van der Waals surface area (Å²) >= 11 is 0. The van der Waals surface area contributed by atoms with Gasteiger partial charge in [0, 0.05) is 35.5 Å². The first kappa shape index (κ1) is 23.1. The van der Waals surface area contributed by atoms with Crippen molar-refractivity contribution in [3.05, 3.63) is 94.0 Å². The molecule has 7 heteroatoms. The van der Waals surface area contributed by atoms with Crippen molar-refractivity contribution in [1.82, 2.24) is 4.90 Å². The van der Waals surface area contributed by atoms with E-state index in [0.717, 1.165) is 46.4 Å². The van der Waals surface area contributed by atoms with E-state index < -0.39 is 5.82 Å². The van der Waals surface area contributed by atoms with Crippen LogP contribution in [0.25, 0.3) is 11.6 Å². The van der Waals surface area contributed by atoms with Gasteiger partial charge in [0.1, 0.15) is 24.0 Å². The fourth-order valence-electron chi connectivity index (χ4n) is 4.85. The third kappa shape index (κ3) is 4.51. The van der Waals surface area contributed by atoms with E-state index in [0.29, 0.717) is 24.4 Å². The van der Waals surface area contributed by atoms with Crippen LogP contribution in [0.3, 0.4) is 0 Å². The molecule has 1 unspecified atom stereocenters. The van der Waals surface area contributed by atoms with E-state index in [9.17, 15) is 13.6 Å². The zero-order valence-electron chi connectivity index (χ0n) is 19.5. The Morgan fingerprint density at radius 3 is 2.60 bits per heavy atom. The second-order valence-corrected chi connectivity index (χ2v) is 8.90. The van der Waals surface area contributed by atoms with Crippen molar-refractivity contribution in [2.75, 3.05) is 11.9 Å². The SMILES string of the molecule is CCC(CCN)N1Cc2ccc(/C=C3\c4ccc(F)cc4COc4cc(F)ccc43)cc2NC1=O. The highest BCUT2D eigenvalue weighted by atomic mass is 19.1. The molecule has 0 bridgehead atoms. The minimum absolute atomic E-state index is 0.0923. The Kier molecular flexibility index (Phi) is 6.26. The number of amides is 2. The number of hydrogen-bond acceptors (Lipinski definition) is 3. The lowest BCUT2D eigenvalue weighted by Crippen LogP contribution is -2.45. The Morgan fingerprint density at radius 2 is 1.83 bits per heavy atom. The predicted octanol–water partition coefficient (Wildman–Crippen LogP) is 5.92. The maximum Gasteiger partial charge on any atom is 0.322 e. The molecule has 0 spiro atoms. The lowest BCUT2D eigenvalue weighted by atomic mass is 9.92. The van der Waals surface area contributed by atoms with Crippen LogP contribution < -0.4 is 15.8 Å². The molecule has 3 aromatic carbocycles. The highest BCUT2D eigenvalue weighted by Crippen LogP contribution is 2.39. The number of halogens is 2. The number of carbonyl (C=O) groups excluding carboxylic acids is 1. The summed E-state index contributed by atoms with van der Waals surface area (Å²) in [6.07, 6.45) is 3.56. The fraction of sp³-hybridized carbons (Fsp3) is 0.250. The van der Waals surface area contributed by atoms with E-state index in [1.165, 1.54) is 24.3 Å². The number of carbonyl (C=O) groups is 1. The molecule has 0 aromatic heterocycles. The first-order valence-corrected chi connectivity index (χ1v) is 11.8. The molecule has 35 heavy (non-hydrogen) atoms. The minimum Gasteiger partial charge on any atom is -0.488 e. The van der Waals surface area contributed by atoms with Crippen molar-refractivity contribution < 1.29 is 18.3 Å². The van der Waals surface area contributed by atoms with Crippen molar-refractivity contribution in [2.45, 2.75) is 39.0 Å². The number of anilines is 1. The molecule has 2 heterocycles. The third-order valence-electron chi connectivity index (χ3n) is 6.67. The minimum atomic E-state index is -0.402. The molecule has 180 valence electrons. The molecule has 2 aliphatic rings. The molecular weight excluding hydrogens is 448 g/mol. The van der Waals surface area contributed by atoms with Crippen molar-refractivity contribution in [2.24, 2.45) is 5.73 Å². The Hall–Kier alpha value is -3.71. The molecule has 0 saturated carbocycles. The van der Waals surface area contributed by atoms with Gasteiger partial charge in [0.15, 0.2) is 0 Å². The molecule has 0 fully saturated rings. The van der Waals surface area contributed by atoms with Crippen molar-refractivity contribution in [1.29, 1.82) is 0 Å². The van der Waals surface area contributed by atoms with Crippen molar-refractivity contribution in [3.8, 4) is 5.75 Å². The quantitative estimate of drug-likeness (QED) is 0.481. The average molecular weight is 476 g/mol. The highest BCUT2D eigenvalue weighted by molar-refractivity contribution is 5.97. The number of fused-ring (bicyclic) bond motifs is 3. The van der Waals surface area contributed by atoms with Crippen LogP contribution in [0.5, 0.6) is 5.75 Å². The number of benzene rings is 3. The van der Waals surface area contributed by atoms with Gasteiger partial charge in [0.05, 0.1) is 0 Å². The number of urea groups is 1. The van der Waals surface area contributed by atoms with Gasteiger partial charge in [-0.3, -0.25) is 0 Å². The van der Waals surface area contributed by atoms with E-state index in [4.69, 9.17) is 10.5 Å². The van der Waals surface area contributed by atoms with E-state index >= 15 is 0 Å². The first-order chi connectivity index (χ1) is 17.0. The molecule has 3 aromatic rings. The molecule has 3 N–H and O–H groups in total. The molecular formula is C28H27F2N3O2. The van der Waals surface area contributed by atoms with Crippen LogP contribution in [-0.2, 0) is 13.2 Å². The van der Waals surface area contributed by atoms with Crippen LogP contribution >= 0.6 is 0 Å². The Balaban J connectivity index is 1.56. The van der Waals surface area contributed by atoms with Crippen LogP contribution in [0.4, 0.5) is 19.3 Å². The van der Waals surface area contributed by atoms with Gasteiger partial charge in [-0.25, -0.2) is 13.6 Å². The molecule has 2 aliphatic heterocycles. The summed E-state index contributed by atoms with van der Waals surface area (Å²) in [5, 5.41) is 3.02. The van der Waals surface area contributed by atoms with E-state index in [-0.39, 0.29) is 24.5 Å². The van der Waals surface area contributed by atoms with Crippen LogP contribution in [0.15, 0.2) is 54.6 Å². The normalized spacial score (nSPS) is 16.5. The highest BCUT2D eigenvalue weighted by Gasteiger charge is 2.28. The lowest BCUT2D eigenvalue weighted by molar-refractivity contribution is 0.175. The van der Waals surface area contributed by atoms with E-state index in [1.54, 1.807) is 12.1 Å². The van der Waals surface area contributed by atoms with E-state index in [1.807, 2.05) is 29.2 Å². The number of nitrogens with two attached hydrogens (primary N) is 1. The van der Waals surface area contributed by atoms with Gasteiger partial charge in [0.2, 0.25) is 0 Å². The second kappa shape index (κ2) is 9.50. The number of rotatable bonds is 5. The maximum absolute atomic E-state index is 14.0. The monoisotopic (exact) mass is 475 g/mol. The fourth-order valence-corrected chi connectivity index (χ4v) is 4.85.